The number of thiocarbonyl (C=S) groups is 1. The van der Waals surface area contributed by atoms with E-state index in [4.69, 9.17) is 28.6 Å². The molecule has 1 saturated heterocycles. The van der Waals surface area contributed by atoms with Crippen molar-refractivity contribution in [3.63, 3.8) is 0 Å². The van der Waals surface area contributed by atoms with Gasteiger partial charge in [-0.3, -0.25) is 15.0 Å². The molecule has 5 rings (SSSR count). The molecule has 2 amide bonds. The highest BCUT2D eigenvalue weighted by atomic mass is 35.5. The Bertz CT molecular complexity index is 1510. The fourth-order valence-corrected chi connectivity index (χ4v) is 5.06. The van der Waals surface area contributed by atoms with Gasteiger partial charge in [-0.1, -0.05) is 78.0 Å². The van der Waals surface area contributed by atoms with E-state index in [1.807, 2.05) is 42.5 Å². The molecule has 0 bridgehead atoms. The summed E-state index contributed by atoms with van der Waals surface area (Å²) >= 11 is 12.3. The second-order valence-electron chi connectivity index (χ2n) is 7.96. The largest absolute Gasteiger partial charge is 0.489 e. The van der Waals surface area contributed by atoms with Crippen molar-refractivity contribution in [3.05, 3.63) is 118 Å². The summed E-state index contributed by atoms with van der Waals surface area (Å²) < 4.78 is 6.31. The maximum Gasteiger partial charge on any atom is 0.285 e. The number of benzene rings is 4. The predicted molar refractivity (Wildman–Crippen MR) is 149 cm³/mol. The number of hydrogen-bond acceptors (Lipinski definition) is 5. The first kappa shape index (κ1) is 24.1. The maximum absolute atomic E-state index is 12.9. The molecular formula is C28H19ClN2O3S2. The molecule has 1 N–H and O–H groups in total. The number of hydrazine groups is 1. The Kier molecular flexibility index (Phi) is 7.04. The number of halogens is 1. The van der Waals surface area contributed by atoms with E-state index in [1.54, 1.807) is 30.3 Å². The zero-order valence-corrected chi connectivity index (χ0v) is 21.2. The Morgan fingerprint density at radius 1 is 1.00 bits per heavy atom. The number of carbonyl (C=O) groups is 2. The minimum atomic E-state index is -0.451. The molecule has 0 aromatic heterocycles. The van der Waals surface area contributed by atoms with Crippen molar-refractivity contribution in [3.8, 4) is 5.75 Å². The molecule has 1 aliphatic rings. The number of fused-ring (bicyclic) bond motifs is 1. The summed E-state index contributed by atoms with van der Waals surface area (Å²) in [5, 5.41) is 3.92. The molecule has 36 heavy (non-hydrogen) atoms. The Hall–Kier alpha value is -3.65. The maximum atomic E-state index is 12.9. The van der Waals surface area contributed by atoms with Gasteiger partial charge in [-0.25, -0.2) is 0 Å². The molecule has 1 aliphatic heterocycles. The number of nitrogens with zero attached hydrogens (tertiary/aromatic N) is 1. The van der Waals surface area contributed by atoms with Crippen LogP contribution in [0, 0.1) is 0 Å². The molecule has 4 aromatic rings. The average Bonchev–Trinajstić information content (AvgIpc) is 3.15. The molecule has 8 heteroatoms. The Balaban J connectivity index is 1.28. The van der Waals surface area contributed by atoms with E-state index in [0.717, 1.165) is 38.7 Å². The van der Waals surface area contributed by atoms with E-state index in [2.05, 4.69) is 29.7 Å². The summed E-state index contributed by atoms with van der Waals surface area (Å²) in [6, 6.07) is 28.2. The van der Waals surface area contributed by atoms with E-state index in [-0.39, 0.29) is 4.32 Å². The Morgan fingerprint density at radius 3 is 2.58 bits per heavy atom. The van der Waals surface area contributed by atoms with Crippen molar-refractivity contribution in [1.29, 1.82) is 0 Å². The van der Waals surface area contributed by atoms with Crippen LogP contribution >= 0.6 is 35.6 Å². The fourth-order valence-electron chi connectivity index (χ4n) is 3.76. The number of hydrogen-bond donors (Lipinski definition) is 1. The third kappa shape index (κ3) is 5.28. The Morgan fingerprint density at radius 2 is 1.75 bits per heavy atom. The number of carbonyl (C=O) groups excluding carboxylic acids is 2. The van der Waals surface area contributed by atoms with Crippen LogP contribution in [0.1, 0.15) is 21.5 Å². The van der Waals surface area contributed by atoms with Crippen molar-refractivity contribution in [2.75, 3.05) is 0 Å². The first-order valence-corrected chi connectivity index (χ1v) is 12.6. The second-order valence-corrected chi connectivity index (χ2v) is 10.1. The monoisotopic (exact) mass is 530 g/mol. The van der Waals surface area contributed by atoms with E-state index in [9.17, 15) is 9.59 Å². The smallest absolute Gasteiger partial charge is 0.285 e. The van der Waals surface area contributed by atoms with Gasteiger partial charge in [-0.15, -0.1) is 0 Å². The summed E-state index contributed by atoms with van der Waals surface area (Å²) in [7, 11) is 0. The zero-order valence-electron chi connectivity index (χ0n) is 18.8. The normalized spacial score (nSPS) is 14.5. The van der Waals surface area contributed by atoms with Crippen LogP contribution in [0.15, 0.2) is 95.9 Å². The van der Waals surface area contributed by atoms with Crippen molar-refractivity contribution >= 4 is 68.6 Å². The van der Waals surface area contributed by atoms with Gasteiger partial charge in [-0.2, -0.15) is 5.01 Å². The van der Waals surface area contributed by atoms with Gasteiger partial charge in [0.2, 0.25) is 0 Å². The first-order chi connectivity index (χ1) is 17.5. The third-order valence-corrected chi connectivity index (χ3v) is 7.10. The van der Waals surface area contributed by atoms with Crippen molar-refractivity contribution < 1.29 is 14.3 Å². The number of rotatable bonds is 6. The zero-order chi connectivity index (χ0) is 25.1. The van der Waals surface area contributed by atoms with Crippen LogP contribution < -0.4 is 10.2 Å². The highest BCUT2D eigenvalue weighted by Gasteiger charge is 2.33. The lowest BCUT2D eigenvalue weighted by Gasteiger charge is -2.15. The summed E-state index contributed by atoms with van der Waals surface area (Å²) in [6.45, 7) is 0.420. The second kappa shape index (κ2) is 10.5. The molecule has 4 aromatic carbocycles. The highest BCUT2D eigenvalue weighted by Crippen LogP contribution is 2.32. The molecule has 0 spiro atoms. The van der Waals surface area contributed by atoms with Gasteiger partial charge in [0.25, 0.3) is 11.8 Å². The molecule has 0 unspecified atom stereocenters. The number of thioether (sulfide) groups is 1. The minimum Gasteiger partial charge on any atom is -0.489 e. The number of ether oxygens (including phenoxy) is 1. The molecule has 5 nitrogen and oxygen atoms in total. The SMILES string of the molecule is O=C(NN1C(=O)/C(=C\c2cccc(OCc3cccc4ccccc34)c2)SC1=S)c1ccc(Cl)cc1. The Labute approximate surface area is 222 Å². The summed E-state index contributed by atoms with van der Waals surface area (Å²) in [4.78, 5) is 25.9. The van der Waals surface area contributed by atoms with Crippen molar-refractivity contribution in [2.24, 2.45) is 0 Å². The third-order valence-electron chi connectivity index (χ3n) is 5.54. The van der Waals surface area contributed by atoms with Crippen LogP contribution in [0.2, 0.25) is 5.02 Å². The van der Waals surface area contributed by atoms with Gasteiger partial charge < -0.3 is 4.74 Å². The fraction of sp³-hybridized carbons (Fsp3) is 0.0357. The van der Waals surface area contributed by atoms with Gasteiger partial charge in [0.15, 0.2) is 4.32 Å². The lowest BCUT2D eigenvalue weighted by molar-refractivity contribution is -0.123. The summed E-state index contributed by atoms with van der Waals surface area (Å²) in [6.07, 6.45) is 1.73. The van der Waals surface area contributed by atoms with E-state index < -0.39 is 11.8 Å². The molecule has 0 saturated carbocycles. The van der Waals surface area contributed by atoms with Gasteiger partial charge in [-0.05, 0) is 76.6 Å². The molecule has 0 atom stereocenters. The molecule has 1 heterocycles. The predicted octanol–water partition coefficient (Wildman–Crippen LogP) is 6.62. The molecule has 0 aliphatic carbocycles. The first-order valence-electron chi connectivity index (χ1n) is 11.0. The topological polar surface area (TPSA) is 58.6 Å². The van der Waals surface area contributed by atoms with Gasteiger partial charge in [0.05, 0.1) is 4.91 Å². The highest BCUT2D eigenvalue weighted by molar-refractivity contribution is 8.26. The van der Waals surface area contributed by atoms with E-state index in [1.165, 1.54) is 0 Å². The van der Waals surface area contributed by atoms with Gasteiger partial charge in [0.1, 0.15) is 12.4 Å². The van der Waals surface area contributed by atoms with E-state index in [0.29, 0.717) is 27.8 Å². The van der Waals surface area contributed by atoms with Crippen LogP contribution in [0.4, 0.5) is 0 Å². The molecular weight excluding hydrogens is 512 g/mol. The summed E-state index contributed by atoms with van der Waals surface area (Å²) in [5.74, 6) is -0.161. The lowest BCUT2D eigenvalue weighted by Crippen LogP contribution is -2.44. The average molecular weight is 531 g/mol. The van der Waals surface area contributed by atoms with E-state index >= 15 is 0 Å². The van der Waals surface area contributed by atoms with Gasteiger partial charge >= 0.3 is 0 Å². The number of amides is 2. The van der Waals surface area contributed by atoms with Crippen LogP contribution in [-0.4, -0.2) is 21.1 Å². The lowest BCUT2D eigenvalue weighted by atomic mass is 10.1. The van der Waals surface area contributed by atoms with Crippen molar-refractivity contribution in [2.45, 2.75) is 6.61 Å². The molecule has 0 radical (unpaired) electrons. The molecule has 1 fully saturated rings. The molecule has 178 valence electrons. The van der Waals surface area contributed by atoms with Crippen LogP contribution in [0.5, 0.6) is 5.75 Å². The minimum absolute atomic E-state index is 0.247. The van der Waals surface area contributed by atoms with Crippen LogP contribution in [0.25, 0.3) is 16.8 Å². The number of nitrogens with one attached hydrogen (secondary N) is 1. The standard InChI is InChI=1S/C28H19ClN2O3S2/c29-22-13-11-20(12-14-22)26(32)30-31-27(33)25(36-28(31)35)16-18-5-3-9-23(15-18)34-17-21-8-4-7-19-6-1-2-10-24(19)21/h1-16H,17H2,(H,30,32)/b25-16+. The van der Waals surface area contributed by atoms with Crippen LogP contribution in [0.3, 0.4) is 0 Å². The van der Waals surface area contributed by atoms with Crippen LogP contribution in [-0.2, 0) is 11.4 Å². The summed E-state index contributed by atoms with van der Waals surface area (Å²) in [5.41, 5.74) is 4.82. The van der Waals surface area contributed by atoms with Crippen molar-refractivity contribution in [1.82, 2.24) is 10.4 Å². The quantitative estimate of drug-likeness (QED) is 0.224. The van der Waals surface area contributed by atoms with Gasteiger partial charge in [0, 0.05) is 10.6 Å².